The lowest BCUT2D eigenvalue weighted by Crippen LogP contribution is -2.61. The van der Waals surface area contributed by atoms with E-state index in [0.29, 0.717) is 0 Å². The van der Waals surface area contributed by atoms with Gasteiger partial charge in [-0.15, -0.1) is 18.0 Å². The number of rotatable bonds is 3. The zero-order valence-electron chi connectivity index (χ0n) is 8.92. The minimum atomic E-state index is -2.89. The molecule has 4 unspecified atom stereocenters. The average Bonchev–Trinajstić information content (AvgIpc) is 2.17. The number of terminal acetylenes is 1. The molecule has 0 aromatic carbocycles. The SMILES string of the molecule is C#CCOC1NC(N)C(Cl)CC1C(C)(F)F. The first kappa shape index (κ1) is 13.7. The molecule has 0 bridgehead atoms. The zero-order valence-corrected chi connectivity index (χ0v) is 9.68. The number of nitrogens with two attached hydrogens (primary N) is 1. The van der Waals surface area contributed by atoms with Crippen molar-refractivity contribution in [3.63, 3.8) is 0 Å². The van der Waals surface area contributed by atoms with Crippen LogP contribution < -0.4 is 11.1 Å². The summed E-state index contributed by atoms with van der Waals surface area (Å²) in [5.41, 5.74) is 5.63. The van der Waals surface area contributed by atoms with Gasteiger partial charge in [0.05, 0.1) is 17.5 Å². The maximum Gasteiger partial charge on any atom is 0.252 e. The number of ether oxygens (including phenoxy) is 1. The molecule has 1 aliphatic heterocycles. The molecule has 1 saturated heterocycles. The molecule has 16 heavy (non-hydrogen) atoms. The van der Waals surface area contributed by atoms with Crippen LogP contribution in [0.25, 0.3) is 0 Å². The largest absolute Gasteiger partial charge is 0.350 e. The summed E-state index contributed by atoms with van der Waals surface area (Å²) in [6, 6.07) is 0. The van der Waals surface area contributed by atoms with Crippen molar-refractivity contribution >= 4 is 11.6 Å². The highest BCUT2D eigenvalue weighted by Crippen LogP contribution is 2.35. The normalized spacial score (nSPS) is 35.8. The van der Waals surface area contributed by atoms with Gasteiger partial charge in [0.1, 0.15) is 12.8 Å². The molecule has 3 nitrogen and oxygen atoms in total. The van der Waals surface area contributed by atoms with Crippen LogP contribution in [0, 0.1) is 18.3 Å². The first-order chi connectivity index (χ1) is 7.36. The molecule has 0 aliphatic carbocycles. The van der Waals surface area contributed by atoms with Gasteiger partial charge >= 0.3 is 0 Å². The molecular weight excluding hydrogens is 238 g/mol. The number of alkyl halides is 3. The van der Waals surface area contributed by atoms with Crippen molar-refractivity contribution in [3.05, 3.63) is 0 Å². The van der Waals surface area contributed by atoms with E-state index in [0.717, 1.165) is 6.92 Å². The smallest absolute Gasteiger partial charge is 0.252 e. The van der Waals surface area contributed by atoms with Crippen LogP contribution in [0.15, 0.2) is 0 Å². The van der Waals surface area contributed by atoms with E-state index in [2.05, 4.69) is 11.2 Å². The molecule has 0 spiro atoms. The van der Waals surface area contributed by atoms with Gasteiger partial charge in [-0.05, 0) is 13.3 Å². The minimum absolute atomic E-state index is 0.0378. The second-order valence-electron chi connectivity index (χ2n) is 3.94. The van der Waals surface area contributed by atoms with E-state index < -0.39 is 29.6 Å². The van der Waals surface area contributed by atoms with Crippen molar-refractivity contribution in [1.29, 1.82) is 0 Å². The monoisotopic (exact) mass is 252 g/mol. The molecule has 3 N–H and O–H groups in total. The van der Waals surface area contributed by atoms with Gasteiger partial charge < -0.3 is 10.5 Å². The molecule has 0 radical (unpaired) electrons. The Hall–Kier alpha value is -0.410. The van der Waals surface area contributed by atoms with E-state index >= 15 is 0 Å². The highest BCUT2D eigenvalue weighted by molar-refractivity contribution is 6.21. The van der Waals surface area contributed by atoms with Gasteiger partial charge in [0.25, 0.3) is 5.92 Å². The van der Waals surface area contributed by atoms with E-state index in [1.165, 1.54) is 0 Å². The summed E-state index contributed by atoms with van der Waals surface area (Å²) < 4.78 is 31.8. The molecule has 1 rings (SSSR count). The number of hydrogen-bond acceptors (Lipinski definition) is 3. The fourth-order valence-corrected chi connectivity index (χ4v) is 1.96. The number of hydrogen-bond donors (Lipinski definition) is 2. The Labute approximate surface area is 98.7 Å². The number of halogens is 3. The van der Waals surface area contributed by atoms with Gasteiger partial charge in [-0.2, -0.15) is 0 Å². The van der Waals surface area contributed by atoms with Crippen LogP contribution in [-0.4, -0.2) is 30.3 Å². The Morgan fingerprint density at radius 2 is 2.31 bits per heavy atom. The van der Waals surface area contributed by atoms with Crippen molar-refractivity contribution in [3.8, 4) is 12.3 Å². The zero-order chi connectivity index (χ0) is 12.3. The van der Waals surface area contributed by atoms with Gasteiger partial charge in [-0.1, -0.05) is 5.92 Å². The maximum absolute atomic E-state index is 13.3. The van der Waals surface area contributed by atoms with Crippen LogP contribution in [0.4, 0.5) is 8.78 Å². The van der Waals surface area contributed by atoms with Crippen LogP contribution >= 0.6 is 11.6 Å². The Kier molecular flexibility index (Phi) is 4.51. The lowest BCUT2D eigenvalue weighted by Gasteiger charge is -2.40. The van der Waals surface area contributed by atoms with Crippen molar-refractivity contribution in [1.82, 2.24) is 5.32 Å². The van der Waals surface area contributed by atoms with Gasteiger partial charge in [0.15, 0.2) is 0 Å². The summed E-state index contributed by atoms with van der Waals surface area (Å²) in [6.07, 6.45) is 3.68. The van der Waals surface area contributed by atoms with Gasteiger partial charge in [0.2, 0.25) is 0 Å². The predicted octanol–water partition coefficient (Wildman–Crippen LogP) is 1.12. The summed E-state index contributed by atoms with van der Waals surface area (Å²) >= 11 is 5.85. The van der Waals surface area contributed by atoms with Gasteiger partial charge in [0, 0.05) is 0 Å². The van der Waals surface area contributed by atoms with E-state index in [-0.39, 0.29) is 13.0 Å². The fourth-order valence-electron chi connectivity index (χ4n) is 1.70. The average molecular weight is 253 g/mol. The first-order valence-electron chi connectivity index (χ1n) is 4.95. The van der Waals surface area contributed by atoms with Crippen molar-refractivity contribution < 1.29 is 13.5 Å². The molecule has 6 heteroatoms. The summed E-state index contributed by atoms with van der Waals surface area (Å²) in [5.74, 6) is -1.68. The topological polar surface area (TPSA) is 47.3 Å². The molecule has 1 aliphatic rings. The summed E-state index contributed by atoms with van der Waals surface area (Å²) in [6.45, 7) is 0.802. The summed E-state index contributed by atoms with van der Waals surface area (Å²) in [5, 5.41) is 2.17. The molecular formula is C10H15ClF2N2O. The van der Waals surface area contributed by atoms with Gasteiger partial charge in [-0.3, -0.25) is 5.32 Å². The second-order valence-corrected chi connectivity index (χ2v) is 4.50. The first-order valence-corrected chi connectivity index (χ1v) is 5.38. The van der Waals surface area contributed by atoms with Crippen molar-refractivity contribution in [2.24, 2.45) is 11.7 Å². The van der Waals surface area contributed by atoms with Crippen LogP contribution in [0.5, 0.6) is 0 Å². The standard InChI is InChI=1S/C10H15ClF2N2O/c1-3-4-16-9-6(10(2,12)13)5-7(11)8(14)15-9/h1,6-9,15H,4-5,14H2,2H3. The van der Waals surface area contributed by atoms with E-state index in [4.69, 9.17) is 28.5 Å². The molecule has 0 aromatic heterocycles. The van der Waals surface area contributed by atoms with Crippen LogP contribution in [0.2, 0.25) is 0 Å². The molecule has 0 amide bonds. The van der Waals surface area contributed by atoms with Crippen LogP contribution in [0.1, 0.15) is 13.3 Å². The third kappa shape index (κ3) is 3.29. The molecule has 1 fully saturated rings. The Bertz CT molecular complexity index is 277. The van der Waals surface area contributed by atoms with E-state index in [1.54, 1.807) is 0 Å². The lowest BCUT2D eigenvalue weighted by molar-refractivity contribution is -0.133. The fraction of sp³-hybridized carbons (Fsp3) is 0.800. The van der Waals surface area contributed by atoms with E-state index in [9.17, 15) is 8.78 Å². The Morgan fingerprint density at radius 1 is 1.69 bits per heavy atom. The Balaban J connectivity index is 2.72. The molecule has 4 atom stereocenters. The van der Waals surface area contributed by atoms with Crippen LogP contribution in [-0.2, 0) is 4.74 Å². The number of piperidine rings is 1. The quantitative estimate of drug-likeness (QED) is 0.585. The molecule has 0 saturated carbocycles. The predicted molar refractivity (Wildman–Crippen MR) is 58.1 cm³/mol. The summed E-state index contributed by atoms with van der Waals surface area (Å²) in [7, 11) is 0. The van der Waals surface area contributed by atoms with Crippen LogP contribution in [0.3, 0.4) is 0 Å². The summed E-state index contributed by atoms with van der Waals surface area (Å²) in [4.78, 5) is 0. The molecule has 0 aromatic rings. The van der Waals surface area contributed by atoms with Gasteiger partial charge in [-0.25, -0.2) is 8.78 Å². The van der Waals surface area contributed by atoms with E-state index in [1.807, 2.05) is 0 Å². The van der Waals surface area contributed by atoms with Crippen molar-refractivity contribution in [2.45, 2.75) is 37.0 Å². The molecule has 92 valence electrons. The highest BCUT2D eigenvalue weighted by Gasteiger charge is 2.46. The van der Waals surface area contributed by atoms with Crippen molar-refractivity contribution in [2.75, 3.05) is 6.61 Å². The number of nitrogens with one attached hydrogen (secondary N) is 1. The lowest BCUT2D eigenvalue weighted by atomic mass is 9.90. The third-order valence-corrected chi connectivity index (χ3v) is 3.04. The molecule has 1 heterocycles. The third-order valence-electron chi connectivity index (χ3n) is 2.59. The highest BCUT2D eigenvalue weighted by atomic mass is 35.5. The minimum Gasteiger partial charge on any atom is -0.350 e. The Morgan fingerprint density at radius 3 is 2.81 bits per heavy atom. The maximum atomic E-state index is 13.3. The second kappa shape index (κ2) is 5.28.